The lowest BCUT2D eigenvalue weighted by Crippen LogP contribution is -2.43. The number of hydrogen-bond donors (Lipinski definition) is 0. The molecule has 1 saturated heterocycles. The number of nitrogens with zero attached hydrogens (tertiary/aromatic N) is 1. The summed E-state index contributed by atoms with van der Waals surface area (Å²) in [5.41, 5.74) is 0. The molecule has 0 aromatic heterocycles. The van der Waals surface area contributed by atoms with Crippen molar-refractivity contribution in [2.75, 3.05) is 40.5 Å². The fourth-order valence-electron chi connectivity index (χ4n) is 2.89. The van der Waals surface area contributed by atoms with Crippen LogP contribution in [0, 0.1) is 5.92 Å². The largest absolute Gasteiger partial charge is 0.493 e. The molecule has 7 nitrogen and oxygen atoms in total. The number of methoxy groups -OCH3 is 2. The minimum atomic E-state index is -0.420. The number of rotatable bonds is 9. The number of amides is 1. The minimum Gasteiger partial charge on any atom is -0.493 e. The molecule has 0 saturated carbocycles. The molecule has 2 rings (SSSR count). The van der Waals surface area contributed by atoms with Crippen LogP contribution in [-0.4, -0.2) is 63.4 Å². The van der Waals surface area contributed by atoms with Gasteiger partial charge in [-0.05, 0) is 25.0 Å². The lowest BCUT2D eigenvalue weighted by Gasteiger charge is -2.27. The molecule has 1 fully saturated rings. The number of esters is 1. The van der Waals surface area contributed by atoms with Gasteiger partial charge >= 0.3 is 5.97 Å². The summed E-state index contributed by atoms with van der Waals surface area (Å²) in [6.07, 6.45) is 1.89. The molecule has 2 atom stereocenters. The van der Waals surface area contributed by atoms with E-state index in [0.29, 0.717) is 24.7 Å². The van der Waals surface area contributed by atoms with Crippen molar-refractivity contribution in [2.24, 2.45) is 5.92 Å². The summed E-state index contributed by atoms with van der Waals surface area (Å²) < 4.78 is 21.3. The van der Waals surface area contributed by atoms with Crippen LogP contribution >= 0.6 is 0 Å². The highest BCUT2D eigenvalue weighted by Crippen LogP contribution is 2.25. The second kappa shape index (κ2) is 10.0. The van der Waals surface area contributed by atoms with Crippen LogP contribution in [0.3, 0.4) is 0 Å². The Kier molecular flexibility index (Phi) is 7.72. The molecule has 1 aliphatic heterocycles. The minimum absolute atomic E-state index is 0.00458. The molecule has 1 amide bonds. The second-order valence-corrected chi connectivity index (χ2v) is 6.30. The predicted octanol–water partition coefficient (Wildman–Crippen LogP) is 1.89. The zero-order valence-electron chi connectivity index (χ0n) is 15.6. The van der Waals surface area contributed by atoms with E-state index in [0.717, 1.165) is 12.8 Å². The van der Waals surface area contributed by atoms with Gasteiger partial charge in [0.1, 0.15) is 0 Å². The molecule has 144 valence electrons. The highest BCUT2D eigenvalue weighted by molar-refractivity contribution is 5.79. The quantitative estimate of drug-likeness (QED) is 0.622. The molecule has 2 unspecified atom stereocenters. The first kappa shape index (κ1) is 20.0. The van der Waals surface area contributed by atoms with Gasteiger partial charge in [-0.1, -0.05) is 19.1 Å². The van der Waals surface area contributed by atoms with Crippen LogP contribution in [0.2, 0.25) is 0 Å². The molecule has 7 heteroatoms. The van der Waals surface area contributed by atoms with Crippen LogP contribution in [0.25, 0.3) is 0 Å². The zero-order valence-corrected chi connectivity index (χ0v) is 15.6. The molecule has 1 aromatic rings. The average Bonchev–Trinajstić information content (AvgIpc) is 3.18. The number of ether oxygens (including phenoxy) is 4. The molecule has 1 aliphatic rings. The van der Waals surface area contributed by atoms with Crippen LogP contribution in [0.1, 0.15) is 19.8 Å². The summed E-state index contributed by atoms with van der Waals surface area (Å²) in [6.45, 7) is 3.01. The number of carbonyl (C=O) groups excluding carboxylic acids is 2. The van der Waals surface area contributed by atoms with Crippen molar-refractivity contribution in [1.29, 1.82) is 0 Å². The topological polar surface area (TPSA) is 74.3 Å². The first-order valence-electron chi connectivity index (χ1n) is 8.78. The number of carbonyl (C=O) groups is 2. The predicted molar refractivity (Wildman–Crippen MR) is 95.2 cm³/mol. The van der Waals surface area contributed by atoms with Gasteiger partial charge in [0.05, 0.1) is 26.2 Å². The van der Waals surface area contributed by atoms with Gasteiger partial charge in [-0.25, -0.2) is 0 Å². The molecule has 0 N–H and O–H groups in total. The number of para-hydroxylation sites is 2. The molecular formula is C19H27NO6. The summed E-state index contributed by atoms with van der Waals surface area (Å²) in [5.74, 6) is 0.0925. The van der Waals surface area contributed by atoms with E-state index in [1.165, 1.54) is 7.11 Å². The standard InChI is InChI=1S/C19H27NO6/c1-14(19(22)24-3)11-20(12-15-7-6-10-25-15)18(21)13-26-17-9-5-4-8-16(17)23-2/h4-5,8-9,14-15H,6-7,10-13H2,1-3H3. The summed E-state index contributed by atoms with van der Waals surface area (Å²) in [4.78, 5) is 26.1. The Morgan fingerprint density at radius 2 is 2.00 bits per heavy atom. The summed E-state index contributed by atoms with van der Waals surface area (Å²) in [7, 11) is 2.89. The third-order valence-corrected chi connectivity index (χ3v) is 4.32. The smallest absolute Gasteiger partial charge is 0.310 e. The highest BCUT2D eigenvalue weighted by atomic mass is 16.5. The Morgan fingerprint density at radius 3 is 2.62 bits per heavy atom. The normalized spacial score (nSPS) is 17.4. The van der Waals surface area contributed by atoms with E-state index in [4.69, 9.17) is 18.9 Å². The molecule has 0 spiro atoms. The maximum absolute atomic E-state index is 12.7. The van der Waals surface area contributed by atoms with Crippen molar-refractivity contribution in [1.82, 2.24) is 4.90 Å². The highest BCUT2D eigenvalue weighted by Gasteiger charge is 2.26. The van der Waals surface area contributed by atoms with Gasteiger partial charge in [-0.3, -0.25) is 9.59 Å². The van der Waals surface area contributed by atoms with Gasteiger partial charge in [0.2, 0.25) is 0 Å². The summed E-state index contributed by atoms with van der Waals surface area (Å²) >= 11 is 0. The third kappa shape index (κ3) is 5.62. The van der Waals surface area contributed by atoms with Gasteiger partial charge in [0, 0.05) is 19.7 Å². The van der Waals surface area contributed by atoms with Gasteiger partial charge in [-0.15, -0.1) is 0 Å². The molecule has 0 bridgehead atoms. The number of hydrogen-bond acceptors (Lipinski definition) is 6. The summed E-state index contributed by atoms with van der Waals surface area (Å²) in [5, 5.41) is 0. The molecular weight excluding hydrogens is 338 g/mol. The van der Waals surface area contributed by atoms with Crippen LogP contribution in [0.4, 0.5) is 0 Å². The maximum Gasteiger partial charge on any atom is 0.310 e. The van der Waals surface area contributed by atoms with Crippen molar-refractivity contribution in [2.45, 2.75) is 25.9 Å². The fourth-order valence-corrected chi connectivity index (χ4v) is 2.89. The van der Waals surface area contributed by atoms with E-state index in [2.05, 4.69) is 0 Å². The van der Waals surface area contributed by atoms with Gasteiger partial charge in [-0.2, -0.15) is 0 Å². The second-order valence-electron chi connectivity index (χ2n) is 6.30. The van der Waals surface area contributed by atoms with Crippen molar-refractivity contribution >= 4 is 11.9 Å². The van der Waals surface area contributed by atoms with Gasteiger partial charge in [0.25, 0.3) is 5.91 Å². The van der Waals surface area contributed by atoms with Crippen LogP contribution in [0.5, 0.6) is 11.5 Å². The van der Waals surface area contributed by atoms with Crippen molar-refractivity contribution in [3.05, 3.63) is 24.3 Å². The van der Waals surface area contributed by atoms with Crippen LogP contribution < -0.4 is 9.47 Å². The Balaban J connectivity index is 2.00. The van der Waals surface area contributed by atoms with Crippen LogP contribution in [-0.2, 0) is 19.1 Å². The summed E-state index contributed by atoms with van der Waals surface area (Å²) in [6, 6.07) is 7.15. The van der Waals surface area contributed by atoms with E-state index in [1.54, 1.807) is 31.1 Å². The van der Waals surface area contributed by atoms with Crippen molar-refractivity contribution < 1.29 is 28.5 Å². The third-order valence-electron chi connectivity index (χ3n) is 4.32. The van der Waals surface area contributed by atoms with E-state index in [-0.39, 0.29) is 31.1 Å². The van der Waals surface area contributed by atoms with Gasteiger partial charge in [0.15, 0.2) is 18.1 Å². The lowest BCUT2D eigenvalue weighted by molar-refractivity contribution is -0.147. The first-order valence-corrected chi connectivity index (χ1v) is 8.78. The Labute approximate surface area is 154 Å². The molecule has 26 heavy (non-hydrogen) atoms. The maximum atomic E-state index is 12.7. The lowest BCUT2D eigenvalue weighted by atomic mass is 10.1. The van der Waals surface area contributed by atoms with E-state index in [1.807, 2.05) is 12.1 Å². The molecule has 0 radical (unpaired) electrons. The molecule has 0 aliphatic carbocycles. The first-order chi connectivity index (χ1) is 12.5. The SMILES string of the molecule is COC(=O)C(C)CN(CC1CCCO1)C(=O)COc1ccccc1OC. The molecule has 1 aromatic carbocycles. The Bertz CT molecular complexity index is 599. The number of benzene rings is 1. The van der Waals surface area contributed by atoms with Gasteiger partial charge < -0.3 is 23.8 Å². The van der Waals surface area contributed by atoms with E-state index < -0.39 is 5.92 Å². The molecule has 1 heterocycles. The monoisotopic (exact) mass is 365 g/mol. The van der Waals surface area contributed by atoms with E-state index >= 15 is 0 Å². The zero-order chi connectivity index (χ0) is 18.9. The average molecular weight is 365 g/mol. The fraction of sp³-hybridized carbons (Fsp3) is 0.579. The Morgan fingerprint density at radius 1 is 1.27 bits per heavy atom. The van der Waals surface area contributed by atoms with Crippen molar-refractivity contribution in [3.63, 3.8) is 0 Å². The van der Waals surface area contributed by atoms with Crippen molar-refractivity contribution in [3.8, 4) is 11.5 Å². The van der Waals surface area contributed by atoms with E-state index in [9.17, 15) is 9.59 Å². The van der Waals surface area contributed by atoms with Crippen LogP contribution in [0.15, 0.2) is 24.3 Å². The Hall–Kier alpha value is -2.28.